The molecule has 1 saturated heterocycles. The van der Waals surface area contributed by atoms with Crippen LogP contribution in [0, 0.1) is 18.7 Å². The van der Waals surface area contributed by atoms with Gasteiger partial charge in [0.2, 0.25) is 27.7 Å². The van der Waals surface area contributed by atoms with Crippen LogP contribution < -0.4 is 20.1 Å². The fraction of sp³-hybridized carbons (Fsp3) is 0.514. The summed E-state index contributed by atoms with van der Waals surface area (Å²) in [6.07, 6.45) is 8.71. The molecule has 7 rings (SSSR count). The summed E-state index contributed by atoms with van der Waals surface area (Å²) in [7, 11) is -2.24. The smallest absolute Gasteiger partial charge is 0.272 e. The molecule has 2 aliphatic carbocycles. The van der Waals surface area contributed by atoms with E-state index in [0.29, 0.717) is 43.3 Å². The van der Waals surface area contributed by atoms with Crippen molar-refractivity contribution in [3.05, 3.63) is 59.8 Å². The summed E-state index contributed by atoms with van der Waals surface area (Å²) in [6, 6.07) is 3.75. The average molecular weight is 737 g/mol. The predicted octanol–water partition coefficient (Wildman–Crippen LogP) is 1.96. The van der Waals surface area contributed by atoms with Crippen molar-refractivity contribution in [2.24, 2.45) is 13.0 Å². The van der Waals surface area contributed by atoms with E-state index in [4.69, 9.17) is 4.74 Å². The van der Waals surface area contributed by atoms with Crippen LogP contribution in [0.2, 0.25) is 0 Å². The van der Waals surface area contributed by atoms with Crippen molar-refractivity contribution in [2.75, 3.05) is 6.54 Å². The van der Waals surface area contributed by atoms with E-state index in [-0.39, 0.29) is 36.5 Å². The van der Waals surface area contributed by atoms with Crippen molar-refractivity contribution in [1.29, 1.82) is 0 Å². The Morgan fingerprint density at radius 1 is 1.10 bits per heavy atom. The summed E-state index contributed by atoms with van der Waals surface area (Å²) in [5.41, 5.74) is -0.693. The van der Waals surface area contributed by atoms with Gasteiger partial charge in [-0.05, 0) is 63.6 Å². The second-order valence-electron chi connectivity index (χ2n) is 14.1. The first-order valence-electron chi connectivity index (χ1n) is 17.6. The van der Waals surface area contributed by atoms with E-state index >= 15 is 0 Å². The average Bonchev–Trinajstić information content (AvgIpc) is 3.99. The number of ether oxygens (including phenoxy) is 1. The number of amides is 4. The van der Waals surface area contributed by atoms with Gasteiger partial charge >= 0.3 is 0 Å². The Labute approximate surface area is 299 Å². The van der Waals surface area contributed by atoms with Gasteiger partial charge in [-0.1, -0.05) is 31.1 Å². The predicted molar refractivity (Wildman–Crippen MR) is 185 cm³/mol. The fourth-order valence-electron chi connectivity index (χ4n) is 7.00. The highest BCUT2D eigenvalue weighted by molar-refractivity contribution is 7.91. The summed E-state index contributed by atoms with van der Waals surface area (Å²) in [5.74, 6) is -3.58. The number of aromatic nitrogens is 4. The van der Waals surface area contributed by atoms with Crippen LogP contribution >= 0.6 is 0 Å². The van der Waals surface area contributed by atoms with Crippen molar-refractivity contribution in [3.8, 4) is 5.88 Å². The molecule has 15 nitrogen and oxygen atoms in total. The third-order valence-corrected chi connectivity index (χ3v) is 12.0. The Bertz CT molecular complexity index is 2070. The normalized spacial score (nSPS) is 27.4. The van der Waals surface area contributed by atoms with Crippen molar-refractivity contribution in [3.63, 3.8) is 0 Å². The number of carbonyl (C=O) groups excluding carboxylic acids is 4. The zero-order valence-electron chi connectivity index (χ0n) is 28.9. The van der Waals surface area contributed by atoms with E-state index in [2.05, 4.69) is 30.4 Å². The molecule has 3 fully saturated rings. The molecule has 1 unspecified atom stereocenters. The number of hydrogen-bond acceptors (Lipinski definition) is 10. The molecule has 276 valence electrons. The van der Waals surface area contributed by atoms with Crippen LogP contribution in [0.5, 0.6) is 5.88 Å². The number of aryl methyl sites for hydroxylation is 2. The number of nitrogens with zero attached hydrogens (tertiary/aromatic N) is 5. The van der Waals surface area contributed by atoms with E-state index in [1.54, 1.807) is 26.2 Å². The van der Waals surface area contributed by atoms with Gasteiger partial charge in [0.1, 0.15) is 40.6 Å². The minimum atomic E-state index is -3.91. The van der Waals surface area contributed by atoms with Gasteiger partial charge in [-0.15, -0.1) is 0 Å². The van der Waals surface area contributed by atoms with E-state index in [1.165, 1.54) is 27.8 Å². The summed E-state index contributed by atoms with van der Waals surface area (Å²) in [4.78, 5) is 65.7. The van der Waals surface area contributed by atoms with Crippen LogP contribution in [0.1, 0.15) is 74.0 Å². The number of fused-ring (bicyclic) bond motifs is 3. The fourth-order valence-corrected chi connectivity index (χ4v) is 8.36. The first-order chi connectivity index (χ1) is 24.8. The van der Waals surface area contributed by atoms with Crippen LogP contribution in [0.25, 0.3) is 11.0 Å². The molecular weight excluding hydrogens is 695 g/mol. The molecule has 2 saturated carbocycles. The Morgan fingerprint density at radius 2 is 1.90 bits per heavy atom. The molecule has 0 radical (unpaired) electrons. The lowest BCUT2D eigenvalue weighted by atomic mass is 10.0. The SMILES string of the molecule is Cc1nc2cccc(F)c2nc1O[C@@H]1C[C@H]2C(=O)N[C@]3(C(=O)NS(=O)(=O)C4CC4)CC3/C=C\CCCCC[C@H](NC(=O)c3ccn(C)n3)C(=O)N2C1. The molecule has 4 heterocycles. The third kappa shape index (κ3) is 7.22. The van der Waals surface area contributed by atoms with Gasteiger partial charge in [-0.2, -0.15) is 5.10 Å². The van der Waals surface area contributed by atoms with Crippen molar-refractivity contribution in [1.82, 2.24) is 40.0 Å². The molecular formula is C35H41FN8O7S. The van der Waals surface area contributed by atoms with Crippen LogP contribution in [0.15, 0.2) is 42.6 Å². The maximum atomic E-state index is 14.7. The Balaban J connectivity index is 1.20. The number of allylic oxidation sites excluding steroid dienone is 1. The standard InChI is InChI=1S/C35H41FN8O7S/c1-20-32(39-29-24(36)10-8-12-25(29)37-20)51-22-17-28-31(46)40-35(34(48)42-52(49,50)23-13-14-23)18-21(35)9-6-4-3-5-7-11-27(33(47)44(28)19-22)38-30(45)26-15-16-43(2)41-26/h6,8-10,12,15-16,21-23,27-28H,3-5,7,11,13-14,17-19H2,1-2H3,(H,38,45)(H,40,46)(H,42,48)/b9-6-/t21?,22-,27+,28+,35-/m1/s1. The number of carbonyl (C=O) groups is 4. The van der Waals surface area contributed by atoms with Gasteiger partial charge in [0.25, 0.3) is 11.8 Å². The molecule has 2 aromatic heterocycles. The summed E-state index contributed by atoms with van der Waals surface area (Å²) in [6.45, 7) is 1.56. The Hall–Kier alpha value is -4.93. The van der Waals surface area contributed by atoms with Crippen LogP contribution in [-0.2, 0) is 31.5 Å². The van der Waals surface area contributed by atoms with E-state index in [0.717, 1.165) is 12.8 Å². The topological polar surface area (TPSA) is 195 Å². The highest BCUT2D eigenvalue weighted by atomic mass is 32.2. The zero-order valence-corrected chi connectivity index (χ0v) is 29.7. The number of sulfonamides is 1. The lowest BCUT2D eigenvalue weighted by molar-refractivity contribution is -0.141. The van der Waals surface area contributed by atoms with Gasteiger partial charge in [-0.3, -0.25) is 28.6 Å². The maximum absolute atomic E-state index is 14.7. The van der Waals surface area contributed by atoms with E-state index in [1.807, 2.05) is 12.2 Å². The molecule has 3 aromatic rings. The van der Waals surface area contributed by atoms with Crippen molar-refractivity contribution in [2.45, 2.75) is 93.7 Å². The van der Waals surface area contributed by atoms with Gasteiger partial charge in [0.15, 0.2) is 5.82 Å². The zero-order chi connectivity index (χ0) is 36.8. The second-order valence-corrected chi connectivity index (χ2v) is 16.1. The molecule has 2 aliphatic heterocycles. The first kappa shape index (κ1) is 35.5. The molecule has 0 bridgehead atoms. The minimum Gasteiger partial charge on any atom is -0.471 e. The molecule has 4 aliphatic rings. The quantitative estimate of drug-likeness (QED) is 0.302. The first-order valence-corrected chi connectivity index (χ1v) is 19.1. The molecule has 5 atom stereocenters. The highest BCUT2D eigenvalue weighted by Gasteiger charge is 2.62. The van der Waals surface area contributed by atoms with Crippen molar-refractivity contribution < 1.29 is 36.7 Å². The summed E-state index contributed by atoms with van der Waals surface area (Å²) < 4.78 is 50.1. The Kier molecular flexibility index (Phi) is 9.48. The van der Waals surface area contributed by atoms with E-state index < -0.39 is 74.4 Å². The highest BCUT2D eigenvalue weighted by Crippen LogP contribution is 2.46. The molecule has 0 spiro atoms. The number of hydrogen-bond donors (Lipinski definition) is 3. The number of rotatable bonds is 7. The largest absolute Gasteiger partial charge is 0.471 e. The second kappa shape index (κ2) is 13.9. The van der Waals surface area contributed by atoms with Crippen LogP contribution in [0.3, 0.4) is 0 Å². The molecule has 1 aromatic carbocycles. The van der Waals surface area contributed by atoms with E-state index in [9.17, 15) is 32.0 Å². The van der Waals surface area contributed by atoms with Gasteiger partial charge < -0.3 is 20.3 Å². The number of halogens is 1. The lowest BCUT2D eigenvalue weighted by Crippen LogP contribution is -2.58. The number of nitrogens with one attached hydrogen (secondary N) is 3. The third-order valence-electron chi connectivity index (χ3n) is 10.1. The summed E-state index contributed by atoms with van der Waals surface area (Å²) in [5, 5.41) is 9.15. The summed E-state index contributed by atoms with van der Waals surface area (Å²) >= 11 is 0. The van der Waals surface area contributed by atoms with Gasteiger partial charge in [-0.25, -0.2) is 22.8 Å². The molecule has 4 amide bonds. The van der Waals surface area contributed by atoms with Crippen LogP contribution in [-0.4, -0.2) is 92.2 Å². The Morgan fingerprint density at radius 3 is 2.65 bits per heavy atom. The maximum Gasteiger partial charge on any atom is 0.272 e. The van der Waals surface area contributed by atoms with Crippen molar-refractivity contribution >= 4 is 44.7 Å². The molecule has 17 heteroatoms. The molecule has 52 heavy (non-hydrogen) atoms. The lowest BCUT2D eigenvalue weighted by Gasteiger charge is -2.29. The van der Waals surface area contributed by atoms with Gasteiger partial charge in [0.05, 0.1) is 17.3 Å². The number of benzene rings is 1. The van der Waals surface area contributed by atoms with Crippen LogP contribution in [0.4, 0.5) is 4.39 Å². The molecule has 3 N–H and O–H groups in total. The van der Waals surface area contributed by atoms with Gasteiger partial charge in [0, 0.05) is 25.6 Å². The number of para-hydroxylation sites is 1. The monoisotopic (exact) mass is 736 g/mol. The minimum absolute atomic E-state index is 0.00370.